The average molecular weight is 332 g/mol. The van der Waals surface area contributed by atoms with Crippen LogP contribution in [0.5, 0.6) is 0 Å². The Morgan fingerprint density at radius 1 is 1.33 bits per heavy atom. The number of rotatable bonds is 7. The van der Waals surface area contributed by atoms with Crippen LogP contribution < -0.4 is 5.32 Å². The Hall–Kier alpha value is -1.43. The van der Waals surface area contributed by atoms with Crippen LogP contribution in [0.15, 0.2) is 30.3 Å². The number of ether oxygens (including phenoxy) is 2. The first kappa shape index (κ1) is 17.4. The lowest BCUT2D eigenvalue weighted by atomic mass is 9.82. The normalized spacial score (nSPS) is 27.0. The van der Waals surface area contributed by atoms with Crippen molar-refractivity contribution in [3.63, 3.8) is 0 Å². The molecule has 5 heteroatoms. The molecule has 2 fully saturated rings. The minimum Gasteiger partial charge on any atom is -0.383 e. The molecular formula is C19H28N2O3. The first-order chi connectivity index (χ1) is 11.8. The van der Waals surface area contributed by atoms with E-state index in [0.29, 0.717) is 19.1 Å². The number of nitrogens with one attached hydrogen (secondary N) is 1. The number of carbonyl (C=O) groups excluding carboxylic acids is 1. The number of fused-ring (bicyclic) bond motifs is 1. The number of hydrogen-bond donors (Lipinski definition) is 1. The Morgan fingerprint density at radius 3 is 2.96 bits per heavy atom. The molecule has 2 saturated heterocycles. The molecule has 1 aromatic carbocycles. The van der Waals surface area contributed by atoms with E-state index in [9.17, 15) is 4.79 Å². The van der Waals surface area contributed by atoms with E-state index < -0.39 is 0 Å². The molecule has 0 spiro atoms. The largest absolute Gasteiger partial charge is 0.383 e. The second-order valence-corrected chi connectivity index (χ2v) is 6.75. The number of likely N-dealkylation sites (tertiary alicyclic amines) is 1. The van der Waals surface area contributed by atoms with Gasteiger partial charge in [-0.3, -0.25) is 9.69 Å². The van der Waals surface area contributed by atoms with Gasteiger partial charge in [-0.25, -0.2) is 0 Å². The SMILES string of the molecule is COCCNC(=O)[C@@H]1CN(CCc2ccccc2)C[C@H]2OCC[C@H]21. The van der Waals surface area contributed by atoms with E-state index in [1.54, 1.807) is 7.11 Å². The fourth-order valence-electron chi connectivity index (χ4n) is 3.86. The standard InChI is InChI=1S/C19H28N2O3/c1-23-12-9-20-19(22)17-13-21(14-18-16(17)8-11-24-18)10-7-15-5-3-2-4-6-15/h2-6,16-18H,7-14H2,1H3,(H,20,22)/t16-,17+,18+/m0/s1. The van der Waals surface area contributed by atoms with Crippen LogP contribution in [0.1, 0.15) is 12.0 Å². The van der Waals surface area contributed by atoms with Crippen LogP contribution in [-0.4, -0.2) is 63.4 Å². The molecule has 5 nitrogen and oxygen atoms in total. The summed E-state index contributed by atoms with van der Waals surface area (Å²) in [6, 6.07) is 10.5. The van der Waals surface area contributed by atoms with Crippen molar-refractivity contribution in [2.24, 2.45) is 11.8 Å². The first-order valence-electron chi connectivity index (χ1n) is 8.92. The van der Waals surface area contributed by atoms with Crippen molar-refractivity contribution in [3.05, 3.63) is 35.9 Å². The van der Waals surface area contributed by atoms with Crippen LogP contribution in [0.3, 0.4) is 0 Å². The molecule has 0 aliphatic carbocycles. The molecule has 1 amide bonds. The van der Waals surface area contributed by atoms with Gasteiger partial charge in [0.2, 0.25) is 5.91 Å². The number of methoxy groups -OCH3 is 1. The molecule has 2 aliphatic rings. The van der Waals surface area contributed by atoms with E-state index in [1.165, 1.54) is 5.56 Å². The van der Waals surface area contributed by atoms with E-state index in [4.69, 9.17) is 9.47 Å². The maximum absolute atomic E-state index is 12.6. The number of amides is 1. The van der Waals surface area contributed by atoms with Crippen molar-refractivity contribution in [2.75, 3.05) is 46.5 Å². The van der Waals surface area contributed by atoms with Gasteiger partial charge >= 0.3 is 0 Å². The zero-order valence-electron chi connectivity index (χ0n) is 14.4. The summed E-state index contributed by atoms with van der Waals surface area (Å²) in [6.45, 7) is 4.66. The summed E-state index contributed by atoms with van der Waals surface area (Å²) in [5, 5.41) is 3.01. The summed E-state index contributed by atoms with van der Waals surface area (Å²) in [7, 11) is 1.65. The Labute approximate surface area is 144 Å². The lowest BCUT2D eigenvalue weighted by Gasteiger charge is -2.39. The van der Waals surface area contributed by atoms with Crippen molar-refractivity contribution >= 4 is 5.91 Å². The van der Waals surface area contributed by atoms with Crippen molar-refractivity contribution < 1.29 is 14.3 Å². The van der Waals surface area contributed by atoms with Crippen molar-refractivity contribution in [1.82, 2.24) is 10.2 Å². The number of benzene rings is 1. The van der Waals surface area contributed by atoms with E-state index in [2.05, 4.69) is 34.5 Å². The number of nitrogens with zero attached hydrogens (tertiary/aromatic N) is 1. The van der Waals surface area contributed by atoms with Gasteiger partial charge in [0, 0.05) is 45.8 Å². The zero-order chi connectivity index (χ0) is 16.8. The maximum Gasteiger partial charge on any atom is 0.224 e. The van der Waals surface area contributed by atoms with Crippen molar-refractivity contribution in [2.45, 2.75) is 18.9 Å². The highest BCUT2D eigenvalue weighted by molar-refractivity contribution is 5.79. The van der Waals surface area contributed by atoms with Crippen LogP contribution in [0.2, 0.25) is 0 Å². The predicted octanol–water partition coefficient (Wildman–Crippen LogP) is 1.33. The average Bonchev–Trinajstić information content (AvgIpc) is 3.08. The number of carbonyl (C=O) groups is 1. The van der Waals surface area contributed by atoms with Gasteiger partial charge in [0.05, 0.1) is 18.6 Å². The van der Waals surface area contributed by atoms with Gasteiger partial charge in [-0.15, -0.1) is 0 Å². The van der Waals surface area contributed by atoms with Crippen LogP contribution in [0.4, 0.5) is 0 Å². The molecule has 0 saturated carbocycles. The zero-order valence-corrected chi connectivity index (χ0v) is 14.4. The Morgan fingerprint density at radius 2 is 2.17 bits per heavy atom. The van der Waals surface area contributed by atoms with Crippen molar-refractivity contribution in [1.29, 1.82) is 0 Å². The third-order valence-corrected chi connectivity index (χ3v) is 5.17. The van der Waals surface area contributed by atoms with Gasteiger partial charge < -0.3 is 14.8 Å². The fourth-order valence-corrected chi connectivity index (χ4v) is 3.86. The third-order valence-electron chi connectivity index (χ3n) is 5.17. The summed E-state index contributed by atoms with van der Waals surface area (Å²) in [4.78, 5) is 15.0. The maximum atomic E-state index is 12.6. The molecule has 24 heavy (non-hydrogen) atoms. The van der Waals surface area contributed by atoms with Crippen LogP contribution in [0, 0.1) is 11.8 Å². The van der Waals surface area contributed by atoms with Gasteiger partial charge in [0.15, 0.2) is 0 Å². The van der Waals surface area contributed by atoms with E-state index in [0.717, 1.165) is 39.1 Å². The molecule has 3 rings (SSSR count). The lowest BCUT2D eigenvalue weighted by molar-refractivity contribution is -0.131. The fraction of sp³-hybridized carbons (Fsp3) is 0.632. The minimum atomic E-state index is 0.0267. The summed E-state index contributed by atoms with van der Waals surface area (Å²) in [5.41, 5.74) is 1.34. The van der Waals surface area contributed by atoms with E-state index in [1.807, 2.05) is 6.07 Å². The van der Waals surface area contributed by atoms with Gasteiger partial charge in [-0.2, -0.15) is 0 Å². The molecule has 3 atom stereocenters. The monoisotopic (exact) mass is 332 g/mol. The summed E-state index contributed by atoms with van der Waals surface area (Å²) < 4.78 is 10.9. The highest BCUT2D eigenvalue weighted by Crippen LogP contribution is 2.33. The van der Waals surface area contributed by atoms with E-state index >= 15 is 0 Å². The van der Waals surface area contributed by atoms with Gasteiger partial charge in [0.25, 0.3) is 0 Å². The van der Waals surface area contributed by atoms with E-state index in [-0.39, 0.29) is 17.9 Å². The second-order valence-electron chi connectivity index (χ2n) is 6.75. The summed E-state index contributed by atoms with van der Waals surface area (Å²) in [5.74, 6) is 0.538. The summed E-state index contributed by atoms with van der Waals surface area (Å²) >= 11 is 0. The van der Waals surface area contributed by atoms with Gasteiger partial charge in [-0.05, 0) is 18.4 Å². The molecule has 0 bridgehead atoms. The topological polar surface area (TPSA) is 50.8 Å². The third kappa shape index (κ3) is 4.35. The molecular weight excluding hydrogens is 304 g/mol. The molecule has 0 unspecified atom stereocenters. The molecule has 1 aromatic rings. The predicted molar refractivity (Wildman–Crippen MR) is 92.8 cm³/mol. The molecule has 0 radical (unpaired) electrons. The van der Waals surface area contributed by atoms with Crippen LogP contribution in [0.25, 0.3) is 0 Å². The quantitative estimate of drug-likeness (QED) is 0.766. The minimum absolute atomic E-state index is 0.0267. The van der Waals surface area contributed by atoms with Crippen molar-refractivity contribution in [3.8, 4) is 0 Å². The Kier molecular flexibility index (Phi) is 6.24. The summed E-state index contributed by atoms with van der Waals surface area (Å²) in [6.07, 6.45) is 2.21. The Bertz CT molecular complexity index is 523. The number of hydrogen-bond acceptors (Lipinski definition) is 4. The Balaban J connectivity index is 1.57. The molecule has 2 aliphatic heterocycles. The molecule has 0 aromatic heterocycles. The van der Waals surface area contributed by atoms with Gasteiger partial charge in [0.1, 0.15) is 0 Å². The van der Waals surface area contributed by atoms with Gasteiger partial charge in [-0.1, -0.05) is 30.3 Å². The molecule has 1 N–H and O–H groups in total. The second kappa shape index (κ2) is 8.60. The highest BCUT2D eigenvalue weighted by Gasteiger charge is 2.43. The number of piperidine rings is 1. The van der Waals surface area contributed by atoms with Crippen LogP contribution >= 0.6 is 0 Å². The molecule has 132 valence electrons. The highest BCUT2D eigenvalue weighted by atomic mass is 16.5. The lowest BCUT2D eigenvalue weighted by Crippen LogP contribution is -2.53. The smallest absolute Gasteiger partial charge is 0.224 e. The van der Waals surface area contributed by atoms with Crippen LogP contribution in [-0.2, 0) is 20.7 Å². The first-order valence-corrected chi connectivity index (χ1v) is 8.92. The molecule has 2 heterocycles.